The maximum Gasteiger partial charge on any atom is 0.229 e. The molecule has 0 saturated carbocycles. The Balaban J connectivity index is 1.41. The third-order valence-electron chi connectivity index (χ3n) is 4.90. The Morgan fingerprint density at radius 3 is 2.93 bits per heavy atom. The molecule has 3 rings (SSSR count). The molecule has 4 N–H and O–H groups in total. The molecule has 157 valence electrons. The standard InChI is InChI=1S/C21H27N2O5S/c1-29(26,27)23-20-11-19(8-9-21(20)25)28-14-18(24)13-22-12-15-6-7-16-4-2-3-5-17(16)10-15/h3-5,8-9,11,15,18,22-25H,6-7,10,12-14H2,1H3/t15?,18-/m0/s1. The van der Waals surface area contributed by atoms with Crippen LogP contribution in [0.3, 0.4) is 0 Å². The summed E-state index contributed by atoms with van der Waals surface area (Å²) < 4.78 is 30.4. The highest BCUT2D eigenvalue weighted by Crippen LogP contribution is 2.29. The first kappa shape index (κ1) is 21.4. The molecule has 0 heterocycles. The van der Waals surface area contributed by atoms with E-state index in [-0.39, 0.29) is 18.0 Å². The van der Waals surface area contributed by atoms with E-state index >= 15 is 0 Å². The van der Waals surface area contributed by atoms with Crippen molar-refractivity contribution < 1.29 is 23.4 Å². The molecule has 0 fully saturated rings. The predicted molar refractivity (Wildman–Crippen MR) is 112 cm³/mol. The Morgan fingerprint density at radius 1 is 1.31 bits per heavy atom. The fourth-order valence-electron chi connectivity index (χ4n) is 3.47. The van der Waals surface area contributed by atoms with Crippen molar-refractivity contribution in [3.05, 3.63) is 53.6 Å². The molecule has 1 aliphatic rings. The van der Waals surface area contributed by atoms with Gasteiger partial charge in [0.05, 0.1) is 11.9 Å². The van der Waals surface area contributed by atoms with Gasteiger partial charge in [-0.2, -0.15) is 0 Å². The van der Waals surface area contributed by atoms with Crippen LogP contribution in [0.1, 0.15) is 17.5 Å². The molecule has 0 aromatic heterocycles. The van der Waals surface area contributed by atoms with E-state index in [9.17, 15) is 18.6 Å². The van der Waals surface area contributed by atoms with Gasteiger partial charge in [-0.1, -0.05) is 18.2 Å². The Bertz CT molecular complexity index is 932. The first-order valence-electron chi connectivity index (χ1n) is 9.60. The minimum Gasteiger partial charge on any atom is -0.506 e. The number of fused-ring (bicyclic) bond motifs is 1. The van der Waals surface area contributed by atoms with Gasteiger partial charge in [0.25, 0.3) is 0 Å². The lowest BCUT2D eigenvalue weighted by Gasteiger charge is -2.25. The number of phenols is 1. The number of benzene rings is 2. The van der Waals surface area contributed by atoms with Gasteiger partial charge in [0.1, 0.15) is 24.2 Å². The number of aryl methyl sites for hydroxylation is 1. The van der Waals surface area contributed by atoms with E-state index in [1.807, 2.05) is 6.07 Å². The van der Waals surface area contributed by atoms with E-state index in [0.29, 0.717) is 18.2 Å². The Kier molecular flexibility index (Phi) is 7.00. The van der Waals surface area contributed by atoms with Crippen LogP contribution in [0.25, 0.3) is 0 Å². The summed E-state index contributed by atoms with van der Waals surface area (Å²) in [4.78, 5) is 0. The first-order chi connectivity index (χ1) is 13.8. The maximum atomic E-state index is 11.3. The van der Waals surface area contributed by atoms with E-state index in [4.69, 9.17) is 4.74 Å². The molecular formula is C21H27N2O5S. The molecule has 8 heteroatoms. The molecule has 1 radical (unpaired) electrons. The van der Waals surface area contributed by atoms with Crippen molar-refractivity contribution in [1.29, 1.82) is 0 Å². The van der Waals surface area contributed by atoms with Crippen molar-refractivity contribution in [2.24, 2.45) is 5.92 Å². The van der Waals surface area contributed by atoms with E-state index in [1.165, 1.54) is 29.3 Å². The van der Waals surface area contributed by atoms with Gasteiger partial charge in [-0.25, -0.2) is 8.42 Å². The molecule has 2 atom stereocenters. The fraction of sp³-hybridized carbons (Fsp3) is 0.429. The van der Waals surface area contributed by atoms with Crippen LogP contribution < -0.4 is 14.8 Å². The summed E-state index contributed by atoms with van der Waals surface area (Å²) in [6.45, 7) is 1.29. The van der Waals surface area contributed by atoms with Crippen molar-refractivity contribution >= 4 is 15.7 Å². The summed E-state index contributed by atoms with van der Waals surface area (Å²) in [6.07, 6.45) is 3.51. The third-order valence-corrected chi connectivity index (χ3v) is 5.49. The zero-order chi connectivity index (χ0) is 20.9. The van der Waals surface area contributed by atoms with E-state index in [1.54, 1.807) is 0 Å². The SMILES string of the molecule is CS(=O)(=O)Nc1cc(OC[C@@H](O)CNCC2CCc3c[c]ccc3C2)ccc1O. The summed E-state index contributed by atoms with van der Waals surface area (Å²) in [5.41, 5.74) is 2.81. The molecule has 1 aliphatic carbocycles. The smallest absolute Gasteiger partial charge is 0.229 e. The van der Waals surface area contributed by atoms with Crippen LogP contribution in [0.15, 0.2) is 36.4 Å². The van der Waals surface area contributed by atoms with Gasteiger partial charge in [0.15, 0.2) is 0 Å². The average Bonchev–Trinajstić information content (AvgIpc) is 2.67. The largest absolute Gasteiger partial charge is 0.506 e. The average molecular weight is 420 g/mol. The number of aliphatic hydroxyl groups excluding tert-OH is 1. The van der Waals surface area contributed by atoms with Crippen LogP contribution in [0.4, 0.5) is 5.69 Å². The highest BCUT2D eigenvalue weighted by atomic mass is 32.2. The van der Waals surface area contributed by atoms with Crippen LogP contribution >= 0.6 is 0 Å². The Morgan fingerprint density at radius 2 is 2.14 bits per heavy atom. The van der Waals surface area contributed by atoms with Crippen LogP contribution in [0.2, 0.25) is 0 Å². The quantitative estimate of drug-likeness (QED) is 0.461. The van der Waals surface area contributed by atoms with Gasteiger partial charge in [-0.05, 0) is 61.1 Å². The number of aromatic hydroxyl groups is 1. The van der Waals surface area contributed by atoms with Gasteiger partial charge in [0, 0.05) is 12.6 Å². The summed E-state index contributed by atoms with van der Waals surface area (Å²) in [6, 6.07) is 13.5. The number of sulfonamides is 1. The molecule has 0 amide bonds. The van der Waals surface area contributed by atoms with Crippen molar-refractivity contribution in [2.75, 3.05) is 30.7 Å². The summed E-state index contributed by atoms with van der Waals surface area (Å²) >= 11 is 0. The normalized spacial score (nSPS) is 17.4. The number of aliphatic hydroxyl groups is 1. The zero-order valence-electron chi connectivity index (χ0n) is 16.4. The summed E-state index contributed by atoms with van der Waals surface area (Å²) in [5, 5.41) is 23.2. The Hall–Kier alpha value is -2.29. The van der Waals surface area contributed by atoms with Gasteiger partial charge in [0.2, 0.25) is 10.0 Å². The van der Waals surface area contributed by atoms with Crippen molar-refractivity contribution in [2.45, 2.75) is 25.4 Å². The number of nitrogens with one attached hydrogen (secondary N) is 2. The third kappa shape index (κ3) is 6.62. The fourth-order valence-corrected chi connectivity index (χ4v) is 4.03. The van der Waals surface area contributed by atoms with Crippen molar-refractivity contribution in [3.8, 4) is 11.5 Å². The second-order valence-electron chi connectivity index (χ2n) is 7.48. The molecule has 1 unspecified atom stereocenters. The Labute approximate surface area is 171 Å². The minimum atomic E-state index is -3.52. The molecule has 2 aromatic rings. The van der Waals surface area contributed by atoms with Crippen molar-refractivity contribution in [1.82, 2.24) is 5.32 Å². The van der Waals surface area contributed by atoms with Gasteiger partial charge in [-0.15, -0.1) is 0 Å². The topological polar surface area (TPSA) is 108 Å². The van der Waals surface area contributed by atoms with Gasteiger partial charge < -0.3 is 20.3 Å². The van der Waals surface area contributed by atoms with Crippen LogP contribution in [0, 0.1) is 12.0 Å². The lowest BCUT2D eigenvalue weighted by atomic mass is 9.84. The predicted octanol–water partition coefficient (Wildman–Crippen LogP) is 1.70. The lowest BCUT2D eigenvalue weighted by Crippen LogP contribution is -2.35. The molecule has 7 nitrogen and oxygen atoms in total. The number of hydrogen-bond donors (Lipinski definition) is 4. The van der Waals surface area contributed by atoms with Crippen LogP contribution in [-0.4, -0.2) is 50.7 Å². The number of phenolic OH excluding ortho intramolecular Hbond substituents is 1. The highest BCUT2D eigenvalue weighted by molar-refractivity contribution is 7.92. The monoisotopic (exact) mass is 419 g/mol. The van der Waals surface area contributed by atoms with Gasteiger partial charge >= 0.3 is 0 Å². The molecule has 0 aliphatic heterocycles. The van der Waals surface area contributed by atoms with Gasteiger partial charge in [-0.3, -0.25) is 4.72 Å². The highest BCUT2D eigenvalue weighted by Gasteiger charge is 2.18. The number of rotatable bonds is 9. The molecule has 0 spiro atoms. The number of ether oxygens (including phenoxy) is 1. The van der Waals surface area contributed by atoms with Crippen molar-refractivity contribution in [3.63, 3.8) is 0 Å². The summed E-state index contributed by atoms with van der Waals surface area (Å²) in [5.74, 6) is 0.699. The molecule has 2 aromatic carbocycles. The van der Waals surface area contributed by atoms with Crippen LogP contribution in [0.5, 0.6) is 11.5 Å². The second kappa shape index (κ2) is 9.47. The molecular weight excluding hydrogens is 392 g/mol. The van der Waals surface area contributed by atoms with E-state index < -0.39 is 16.1 Å². The van der Waals surface area contributed by atoms with E-state index in [2.05, 4.69) is 28.2 Å². The number of anilines is 1. The maximum absolute atomic E-state index is 11.3. The molecule has 0 bridgehead atoms. The number of hydrogen-bond acceptors (Lipinski definition) is 6. The second-order valence-corrected chi connectivity index (χ2v) is 9.23. The van der Waals surface area contributed by atoms with E-state index in [0.717, 1.165) is 32.1 Å². The molecule has 29 heavy (non-hydrogen) atoms. The molecule has 0 saturated heterocycles. The minimum absolute atomic E-state index is 0.0350. The van der Waals surface area contributed by atoms with Crippen LogP contribution in [-0.2, 0) is 22.9 Å². The first-order valence-corrected chi connectivity index (χ1v) is 11.5. The lowest BCUT2D eigenvalue weighted by molar-refractivity contribution is 0.105. The zero-order valence-corrected chi connectivity index (χ0v) is 17.2. The summed E-state index contributed by atoms with van der Waals surface area (Å²) in [7, 11) is -3.52.